The minimum atomic E-state index is -0.266. The van der Waals surface area contributed by atoms with E-state index in [1.807, 2.05) is 18.2 Å². The molecule has 126 valence electrons. The third-order valence-electron chi connectivity index (χ3n) is 5.14. The van der Waals surface area contributed by atoms with Crippen LogP contribution in [0.4, 0.5) is 4.39 Å². The number of hydrogen-bond acceptors (Lipinski definition) is 1. The van der Waals surface area contributed by atoms with Gasteiger partial charge in [0.2, 0.25) is 0 Å². The molecule has 4 rings (SSSR count). The summed E-state index contributed by atoms with van der Waals surface area (Å²) < 4.78 is 21.1. The van der Waals surface area contributed by atoms with Crippen LogP contribution in [0.25, 0.3) is 22.3 Å². The predicted octanol–water partition coefficient (Wildman–Crippen LogP) is 6.57. The van der Waals surface area contributed by atoms with Crippen LogP contribution in [-0.2, 0) is 5.41 Å². The third-order valence-corrected chi connectivity index (χ3v) is 5.80. The molecule has 0 radical (unpaired) electrons. The second kappa shape index (κ2) is 5.70. The van der Waals surface area contributed by atoms with Gasteiger partial charge in [0.25, 0.3) is 0 Å². The average molecular weight is 397 g/mol. The lowest BCUT2D eigenvalue weighted by molar-refractivity contribution is 0.417. The van der Waals surface area contributed by atoms with Crippen LogP contribution < -0.4 is 4.74 Å². The van der Waals surface area contributed by atoms with Crippen molar-refractivity contribution in [1.82, 2.24) is 0 Å². The second-order valence-corrected chi connectivity index (χ2v) is 7.69. The molecular formula is C22H18BrFO. The van der Waals surface area contributed by atoms with Gasteiger partial charge in [-0.1, -0.05) is 72.2 Å². The zero-order valence-electron chi connectivity index (χ0n) is 14.4. The Labute approximate surface area is 155 Å². The van der Waals surface area contributed by atoms with Crippen LogP contribution in [0.5, 0.6) is 5.75 Å². The second-order valence-electron chi connectivity index (χ2n) is 6.84. The normalized spacial score (nSPS) is 14.1. The van der Waals surface area contributed by atoms with Gasteiger partial charge in [0.05, 0.1) is 7.11 Å². The van der Waals surface area contributed by atoms with E-state index >= 15 is 0 Å². The summed E-state index contributed by atoms with van der Waals surface area (Å²) in [5, 5.41) is 0. The highest BCUT2D eigenvalue weighted by atomic mass is 79.9. The molecule has 0 heterocycles. The summed E-state index contributed by atoms with van der Waals surface area (Å²) in [4.78, 5) is 0. The molecular weight excluding hydrogens is 379 g/mol. The van der Waals surface area contributed by atoms with E-state index in [0.29, 0.717) is 5.56 Å². The minimum absolute atomic E-state index is 0.107. The molecule has 0 bridgehead atoms. The lowest BCUT2D eigenvalue weighted by atomic mass is 9.82. The molecule has 0 unspecified atom stereocenters. The SMILES string of the molecule is COc1c(-c2c(F)cccc2Br)ccc2c1-c1ccccc1C2(C)C. The van der Waals surface area contributed by atoms with Crippen LogP contribution >= 0.6 is 15.9 Å². The van der Waals surface area contributed by atoms with E-state index in [-0.39, 0.29) is 11.2 Å². The standard InChI is InChI=1S/C22H18BrFO/c1-22(2)15-8-5-4-7-13(15)19-16(22)12-11-14(21(19)25-3)20-17(23)9-6-10-18(20)24/h4-12H,1-3H3. The molecule has 0 saturated heterocycles. The monoisotopic (exact) mass is 396 g/mol. The number of hydrogen-bond donors (Lipinski definition) is 0. The van der Waals surface area contributed by atoms with E-state index in [1.165, 1.54) is 17.2 Å². The van der Waals surface area contributed by atoms with E-state index in [2.05, 4.69) is 54.0 Å². The molecule has 0 N–H and O–H groups in total. The molecule has 25 heavy (non-hydrogen) atoms. The van der Waals surface area contributed by atoms with Crippen molar-refractivity contribution in [2.45, 2.75) is 19.3 Å². The Kier molecular flexibility index (Phi) is 3.73. The van der Waals surface area contributed by atoms with Crippen molar-refractivity contribution in [3.8, 4) is 28.0 Å². The maximum atomic E-state index is 14.6. The highest BCUT2D eigenvalue weighted by Crippen LogP contribution is 2.55. The zero-order chi connectivity index (χ0) is 17.8. The Balaban J connectivity index is 2.09. The first kappa shape index (κ1) is 16.3. The van der Waals surface area contributed by atoms with Crippen LogP contribution in [-0.4, -0.2) is 7.11 Å². The number of benzene rings is 3. The summed E-state index contributed by atoms with van der Waals surface area (Å²) >= 11 is 3.49. The summed E-state index contributed by atoms with van der Waals surface area (Å²) in [5.41, 5.74) is 5.90. The van der Waals surface area contributed by atoms with Gasteiger partial charge in [-0.15, -0.1) is 0 Å². The van der Waals surface area contributed by atoms with Crippen molar-refractivity contribution < 1.29 is 9.13 Å². The molecule has 0 fully saturated rings. The Morgan fingerprint density at radius 1 is 0.840 bits per heavy atom. The molecule has 3 aromatic rings. The van der Waals surface area contributed by atoms with E-state index < -0.39 is 0 Å². The van der Waals surface area contributed by atoms with Gasteiger partial charge < -0.3 is 4.74 Å². The highest BCUT2D eigenvalue weighted by Gasteiger charge is 2.38. The van der Waals surface area contributed by atoms with E-state index in [1.54, 1.807) is 13.2 Å². The van der Waals surface area contributed by atoms with Crippen molar-refractivity contribution in [2.75, 3.05) is 7.11 Å². The van der Waals surface area contributed by atoms with Crippen molar-refractivity contribution >= 4 is 15.9 Å². The van der Waals surface area contributed by atoms with Crippen LogP contribution in [0.2, 0.25) is 0 Å². The summed E-state index contributed by atoms with van der Waals surface area (Å²) in [6, 6.07) is 17.5. The van der Waals surface area contributed by atoms with Gasteiger partial charge in [0.1, 0.15) is 11.6 Å². The highest BCUT2D eigenvalue weighted by molar-refractivity contribution is 9.10. The van der Waals surface area contributed by atoms with Crippen LogP contribution in [0.15, 0.2) is 59.1 Å². The molecule has 3 aromatic carbocycles. The topological polar surface area (TPSA) is 9.23 Å². The van der Waals surface area contributed by atoms with Gasteiger partial charge in [-0.3, -0.25) is 0 Å². The molecule has 3 heteroatoms. The van der Waals surface area contributed by atoms with Crippen molar-refractivity contribution in [3.05, 3.63) is 76.0 Å². The smallest absolute Gasteiger partial charge is 0.134 e. The summed E-state index contributed by atoms with van der Waals surface area (Å²) in [6.07, 6.45) is 0. The first-order valence-corrected chi connectivity index (χ1v) is 9.02. The Bertz CT molecular complexity index is 971. The Hall–Kier alpha value is -2.13. The first-order chi connectivity index (χ1) is 12.0. The van der Waals surface area contributed by atoms with Gasteiger partial charge in [-0.2, -0.15) is 0 Å². The fraction of sp³-hybridized carbons (Fsp3) is 0.182. The lowest BCUT2D eigenvalue weighted by Crippen LogP contribution is -2.14. The molecule has 0 atom stereocenters. The minimum Gasteiger partial charge on any atom is -0.495 e. The molecule has 0 saturated carbocycles. The Morgan fingerprint density at radius 2 is 1.60 bits per heavy atom. The van der Waals surface area contributed by atoms with Gasteiger partial charge >= 0.3 is 0 Å². The molecule has 0 amide bonds. The maximum Gasteiger partial charge on any atom is 0.134 e. The van der Waals surface area contributed by atoms with E-state index in [9.17, 15) is 4.39 Å². The van der Waals surface area contributed by atoms with E-state index in [0.717, 1.165) is 26.9 Å². The molecule has 0 spiro atoms. The van der Waals surface area contributed by atoms with Gasteiger partial charge in [0.15, 0.2) is 0 Å². The molecule has 0 aliphatic heterocycles. The van der Waals surface area contributed by atoms with Crippen molar-refractivity contribution in [3.63, 3.8) is 0 Å². The summed E-state index contributed by atoms with van der Waals surface area (Å²) in [7, 11) is 1.65. The largest absolute Gasteiger partial charge is 0.495 e. The molecule has 1 nitrogen and oxygen atoms in total. The number of rotatable bonds is 2. The summed E-state index contributed by atoms with van der Waals surface area (Å²) in [5.74, 6) is 0.458. The van der Waals surface area contributed by atoms with Gasteiger partial charge in [-0.05, 0) is 28.8 Å². The maximum absolute atomic E-state index is 14.6. The summed E-state index contributed by atoms with van der Waals surface area (Å²) in [6.45, 7) is 4.44. The number of methoxy groups -OCH3 is 1. The average Bonchev–Trinajstić information content (AvgIpc) is 2.83. The quantitative estimate of drug-likeness (QED) is 0.475. The van der Waals surface area contributed by atoms with Gasteiger partial charge in [-0.25, -0.2) is 4.39 Å². The zero-order valence-corrected chi connectivity index (χ0v) is 15.9. The first-order valence-electron chi connectivity index (χ1n) is 8.22. The molecule has 1 aliphatic rings. The number of ether oxygens (including phenoxy) is 1. The molecule has 0 aromatic heterocycles. The van der Waals surface area contributed by atoms with Crippen molar-refractivity contribution in [2.24, 2.45) is 0 Å². The van der Waals surface area contributed by atoms with Crippen LogP contribution in [0.3, 0.4) is 0 Å². The van der Waals surface area contributed by atoms with Crippen LogP contribution in [0, 0.1) is 5.82 Å². The number of fused-ring (bicyclic) bond motifs is 3. The predicted molar refractivity (Wildman–Crippen MR) is 104 cm³/mol. The Morgan fingerprint density at radius 3 is 2.32 bits per heavy atom. The van der Waals surface area contributed by atoms with E-state index in [4.69, 9.17) is 4.74 Å². The third kappa shape index (κ3) is 2.26. The van der Waals surface area contributed by atoms with Gasteiger partial charge in [0, 0.05) is 26.6 Å². The fourth-order valence-electron chi connectivity index (χ4n) is 3.93. The fourth-order valence-corrected chi connectivity index (χ4v) is 4.48. The molecule has 1 aliphatic carbocycles. The number of halogens is 2. The lowest BCUT2D eigenvalue weighted by Gasteiger charge is -2.22. The van der Waals surface area contributed by atoms with Crippen LogP contribution in [0.1, 0.15) is 25.0 Å². The van der Waals surface area contributed by atoms with Crippen molar-refractivity contribution in [1.29, 1.82) is 0 Å².